The SMILES string of the molecule is CN[CH]CC(F)F. The van der Waals surface area contributed by atoms with Crippen LogP contribution in [0.3, 0.4) is 0 Å². The monoisotopic (exact) mass is 108 g/mol. The summed E-state index contributed by atoms with van der Waals surface area (Å²) in [6, 6.07) is 0. The summed E-state index contributed by atoms with van der Waals surface area (Å²) in [5, 5.41) is 2.49. The van der Waals surface area contributed by atoms with Gasteiger partial charge in [0.15, 0.2) is 0 Å². The molecule has 7 heavy (non-hydrogen) atoms. The summed E-state index contributed by atoms with van der Waals surface area (Å²) in [5.74, 6) is 0. The molecule has 0 bridgehead atoms. The Bertz CT molecular complexity index is 38.7. The highest BCUT2D eigenvalue weighted by atomic mass is 19.3. The van der Waals surface area contributed by atoms with E-state index in [1.807, 2.05) is 0 Å². The third-order valence-electron chi connectivity index (χ3n) is 0.500. The highest BCUT2D eigenvalue weighted by Gasteiger charge is 1.98. The minimum atomic E-state index is -2.22. The average molecular weight is 108 g/mol. The zero-order chi connectivity index (χ0) is 5.70. The van der Waals surface area contributed by atoms with E-state index in [9.17, 15) is 8.78 Å². The summed E-state index contributed by atoms with van der Waals surface area (Å²) in [5.41, 5.74) is 0. The fourth-order valence-corrected chi connectivity index (χ4v) is 0.207. The predicted molar refractivity (Wildman–Crippen MR) is 24.0 cm³/mol. The minimum absolute atomic E-state index is 0.170. The lowest BCUT2D eigenvalue weighted by molar-refractivity contribution is 0.146. The first-order valence-corrected chi connectivity index (χ1v) is 2.04. The van der Waals surface area contributed by atoms with Gasteiger partial charge in [-0.25, -0.2) is 8.78 Å². The van der Waals surface area contributed by atoms with Gasteiger partial charge in [0, 0.05) is 13.0 Å². The molecule has 0 heterocycles. The lowest BCUT2D eigenvalue weighted by Gasteiger charge is -1.93. The van der Waals surface area contributed by atoms with Crippen LogP contribution in [-0.4, -0.2) is 13.5 Å². The van der Waals surface area contributed by atoms with Gasteiger partial charge in [-0.3, -0.25) is 0 Å². The Labute approximate surface area is 41.7 Å². The van der Waals surface area contributed by atoms with Gasteiger partial charge < -0.3 is 5.32 Å². The maximum atomic E-state index is 11.2. The van der Waals surface area contributed by atoms with Crippen molar-refractivity contribution in [3.63, 3.8) is 0 Å². The van der Waals surface area contributed by atoms with Gasteiger partial charge in [-0.05, 0) is 7.05 Å². The van der Waals surface area contributed by atoms with Gasteiger partial charge >= 0.3 is 0 Å². The standard InChI is InChI=1S/C4H8F2N/c1-7-3-2-4(5)6/h3-4,7H,2H2,1H3. The Morgan fingerprint density at radius 1 is 1.71 bits per heavy atom. The van der Waals surface area contributed by atoms with Gasteiger partial charge in [-0.15, -0.1) is 0 Å². The highest BCUT2D eigenvalue weighted by Crippen LogP contribution is 1.97. The van der Waals surface area contributed by atoms with Crippen molar-refractivity contribution in [2.45, 2.75) is 12.8 Å². The third kappa shape index (κ3) is 5.82. The molecule has 1 radical (unpaired) electrons. The Kier molecular flexibility index (Phi) is 3.89. The number of nitrogens with one attached hydrogen (secondary N) is 1. The minimum Gasteiger partial charge on any atom is -0.315 e. The van der Waals surface area contributed by atoms with E-state index >= 15 is 0 Å². The van der Waals surface area contributed by atoms with Crippen LogP contribution >= 0.6 is 0 Å². The molecule has 0 spiro atoms. The van der Waals surface area contributed by atoms with E-state index < -0.39 is 6.43 Å². The molecule has 1 nitrogen and oxygen atoms in total. The number of rotatable bonds is 3. The Morgan fingerprint density at radius 3 is 2.43 bits per heavy atom. The predicted octanol–water partition coefficient (Wildman–Crippen LogP) is 1.02. The zero-order valence-electron chi connectivity index (χ0n) is 4.12. The maximum absolute atomic E-state index is 11.2. The largest absolute Gasteiger partial charge is 0.315 e. The quantitative estimate of drug-likeness (QED) is 0.569. The van der Waals surface area contributed by atoms with Gasteiger partial charge in [-0.2, -0.15) is 0 Å². The smallest absolute Gasteiger partial charge is 0.240 e. The van der Waals surface area contributed by atoms with Gasteiger partial charge in [0.25, 0.3) is 0 Å². The first-order chi connectivity index (χ1) is 3.27. The van der Waals surface area contributed by atoms with E-state index in [0.29, 0.717) is 0 Å². The van der Waals surface area contributed by atoms with Crippen molar-refractivity contribution in [2.24, 2.45) is 0 Å². The van der Waals surface area contributed by atoms with Gasteiger partial charge in [0.2, 0.25) is 6.43 Å². The first-order valence-electron chi connectivity index (χ1n) is 2.04. The van der Waals surface area contributed by atoms with Crippen LogP contribution in [0.15, 0.2) is 0 Å². The Hall–Kier alpha value is -0.180. The number of alkyl halides is 2. The molecule has 1 N–H and O–H groups in total. The molecule has 0 saturated heterocycles. The van der Waals surface area contributed by atoms with Crippen molar-refractivity contribution in [3.05, 3.63) is 6.54 Å². The molecule has 3 heteroatoms. The average Bonchev–Trinajstić information content (AvgIpc) is 1.61. The summed E-state index contributed by atoms with van der Waals surface area (Å²) in [6.07, 6.45) is -2.39. The molecule has 0 aliphatic heterocycles. The van der Waals surface area contributed by atoms with Crippen LogP contribution < -0.4 is 5.32 Å². The summed E-state index contributed by atoms with van der Waals surface area (Å²) in [7, 11) is 1.60. The van der Waals surface area contributed by atoms with Gasteiger partial charge in [0.05, 0.1) is 0 Å². The van der Waals surface area contributed by atoms with Crippen LogP contribution in [-0.2, 0) is 0 Å². The Morgan fingerprint density at radius 2 is 2.29 bits per heavy atom. The molecule has 0 amide bonds. The van der Waals surface area contributed by atoms with E-state index in [1.165, 1.54) is 6.54 Å². The maximum Gasteiger partial charge on any atom is 0.240 e. The Balaban J connectivity index is 2.68. The second-order valence-corrected chi connectivity index (χ2v) is 1.12. The van der Waals surface area contributed by atoms with Gasteiger partial charge in [-0.1, -0.05) is 0 Å². The third-order valence-corrected chi connectivity index (χ3v) is 0.500. The summed E-state index contributed by atoms with van der Waals surface area (Å²) >= 11 is 0. The molecular weight excluding hydrogens is 100 g/mol. The van der Waals surface area contributed by atoms with Crippen LogP contribution in [0, 0.1) is 6.54 Å². The molecule has 0 aliphatic rings. The van der Waals surface area contributed by atoms with Crippen LogP contribution in [0.25, 0.3) is 0 Å². The highest BCUT2D eigenvalue weighted by molar-refractivity contribution is 4.57. The fourth-order valence-electron chi connectivity index (χ4n) is 0.207. The van der Waals surface area contributed by atoms with Crippen LogP contribution in [0.4, 0.5) is 8.78 Å². The lowest BCUT2D eigenvalue weighted by Crippen LogP contribution is -2.04. The first kappa shape index (κ1) is 6.82. The zero-order valence-corrected chi connectivity index (χ0v) is 4.12. The number of halogens is 2. The molecule has 43 valence electrons. The van der Waals surface area contributed by atoms with E-state index in [1.54, 1.807) is 7.05 Å². The van der Waals surface area contributed by atoms with Crippen molar-refractivity contribution >= 4 is 0 Å². The van der Waals surface area contributed by atoms with Crippen molar-refractivity contribution in [3.8, 4) is 0 Å². The topological polar surface area (TPSA) is 12.0 Å². The van der Waals surface area contributed by atoms with E-state index in [2.05, 4.69) is 5.32 Å². The van der Waals surface area contributed by atoms with Crippen molar-refractivity contribution < 1.29 is 8.78 Å². The lowest BCUT2D eigenvalue weighted by atomic mass is 10.4. The second kappa shape index (κ2) is 3.99. The van der Waals surface area contributed by atoms with E-state index in [4.69, 9.17) is 0 Å². The molecule has 0 atom stereocenters. The summed E-state index contributed by atoms with van der Waals surface area (Å²) < 4.78 is 22.3. The second-order valence-electron chi connectivity index (χ2n) is 1.12. The molecule has 0 fully saturated rings. The summed E-state index contributed by atoms with van der Waals surface area (Å²) in [4.78, 5) is 0. The molecule has 0 aromatic heterocycles. The van der Waals surface area contributed by atoms with Crippen molar-refractivity contribution in [1.82, 2.24) is 5.32 Å². The normalized spacial score (nSPS) is 10.3. The van der Waals surface area contributed by atoms with E-state index in [0.717, 1.165) is 0 Å². The molecule has 0 rings (SSSR count). The van der Waals surface area contributed by atoms with Crippen molar-refractivity contribution in [1.29, 1.82) is 0 Å². The molecule has 0 unspecified atom stereocenters. The molecule has 0 aliphatic carbocycles. The van der Waals surface area contributed by atoms with Crippen LogP contribution in [0.1, 0.15) is 6.42 Å². The van der Waals surface area contributed by atoms with Crippen molar-refractivity contribution in [2.75, 3.05) is 7.05 Å². The van der Waals surface area contributed by atoms with Gasteiger partial charge in [0.1, 0.15) is 0 Å². The number of hydrogen-bond acceptors (Lipinski definition) is 1. The van der Waals surface area contributed by atoms with E-state index in [-0.39, 0.29) is 6.42 Å². The van der Waals surface area contributed by atoms with Crippen LogP contribution in [0.2, 0.25) is 0 Å². The van der Waals surface area contributed by atoms with Crippen LogP contribution in [0.5, 0.6) is 0 Å². The summed E-state index contributed by atoms with van der Waals surface area (Å²) in [6.45, 7) is 1.32. The molecule has 0 saturated carbocycles. The fraction of sp³-hybridized carbons (Fsp3) is 0.750. The molecular formula is C4H8F2N. The molecule has 0 aromatic rings. The molecule has 0 aromatic carbocycles. The number of hydrogen-bond donors (Lipinski definition) is 1.